The first kappa shape index (κ1) is 24.9. The van der Waals surface area contributed by atoms with E-state index in [1.54, 1.807) is 0 Å². The number of aromatic hydroxyl groups is 3. The van der Waals surface area contributed by atoms with Crippen LogP contribution in [-0.2, 0) is 16.0 Å². The highest BCUT2D eigenvalue weighted by molar-refractivity contribution is 7.91. The van der Waals surface area contributed by atoms with Crippen molar-refractivity contribution >= 4 is 17.1 Å². The molecule has 2 aromatic carbocycles. The lowest BCUT2D eigenvalue weighted by Gasteiger charge is -2.15. The van der Waals surface area contributed by atoms with E-state index in [0.717, 1.165) is 18.9 Å². The Kier molecular flexibility index (Phi) is 10.5. The van der Waals surface area contributed by atoms with Crippen LogP contribution < -0.4 is 4.74 Å². The lowest BCUT2D eigenvalue weighted by Crippen LogP contribution is -2.11. The highest BCUT2D eigenvalue weighted by Crippen LogP contribution is 2.37. The zero-order chi connectivity index (χ0) is 22.6. The van der Waals surface area contributed by atoms with Crippen LogP contribution in [0.5, 0.6) is 23.0 Å². The van der Waals surface area contributed by atoms with Crippen molar-refractivity contribution in [2.75, 3.05) is 0 Å². The van der Waals surface area contributed by atoms with Crippen molar-refractivity contribution in [1.29, 1.82) is 0 Å². The van der Waals surface area contributed by atoms with Crippen molar-refractivity contribution in [3.63, 3.8) is 0 Å². The Morgan fingerprint density at radius 1 is 0.839 bits per heavy atom. The van der Waals surface area contributed by atoms with Crippen LogP contribution in [0.25, 0.3) is 0 Å². The van der Waals surface area contributed by atoms with Gasteiger partial charge in [0.25, 0.3) is 0 Å². The molecule has 0 aliphatic heterocycles. The van der Waals surface area contributed by atoms with E-state index >= 15 is 0 Å². The summed E-state index contributed by atoms with van der Waals surface area (Å²) in [4.78, 5) is 12.5. The average molecular weight is 449 g/mol. The van der Waals surface area contributed by atoms with Crippen LogP contribution >= 0.6 is 0 Å². The quantitative estimate of drug-likeness (QED) is 0.155. The molecule has 2 rings (SSSR count). The number of ether oxygens (including phenoxy) is 1. The third-order valence-electron chi connectivity index (χ3n) is 4.98. The van der Waals surface area contributed by atoms with Crippen LogP contribution in [0.4, 0.5) is 0 Å². The maximum atomic E-state index is 12.9. The van der Waals surface area contributed by atoms with E-state index < -0.39 is 17.1 Å². The van der Waals surface area contributed by atoms with Gasteiger partial charge in [0, 0.05) is 41.9 Å². The van der Waals surface area contributed by atoms with Crippen molar-refractivity contribution in [2.45, 2.75) is 80.9 Å². The van der Waals surface area contributed by atoms with E-state index in [0.29, 0.717) is 6.42 Å². The van der Waals surface area contributed by atoms with E-state index in [1.165, 1.54) is 68.9 Å². The van der Waals surface area contributed by atoms with Crippen molar-refractivity contribution < 1.29 is 29.4 Å². The van der Waals surface area contributed by atoms with Gasteiger partial charge in [-0.3, -0.25) is 4.79 Å². The van der Waals surface area contributed by atoms with E-state index in [9.17, 15) is 24.7 Å². The number of hydrogen-bond acceptors (Lipinski definition) is 6. The number of phenolic OH excluding ortho intramolecular Hbond substituents is 3. The smallest absolute Gasteiger partial charge is 0.311 e. The van der Waals surface area contributed by atoms with Crippen LogP contribution in [-0.4, -0.2) is 25.8 Å². The predicted molar refractivity (Wildman–Crippen MR) is 120 cm³/mol. The van der Waals surface area contributed by atoms with Crippen LogP contribution in [0.15, 0.2) is 46.2 Å². The molecular formula is C24H32O6S. The molecule has 0 spiro atoms. The molecule has 1 atom stereocenters. The molecule has 7 heteroatoms. The van der Waals surface area contributed by atoms with Gasteiger partial charge in [0.15, 0.2) is 11.5 Å². The van der Waals surface area contributed by atoms with Gasteiger partial charge in [-0.05, 0) is 18.6 Å². The minimum atomic E-state index is -1.87. The summed E-state index contributed by atoms with van der Waals surface area (Å²) in [7, 11) is 0. The highest BCUT2D eigenvalue weighted by atomic mass is 32.2. The molecule has 2 aromatic rings. The minimum Gasteiger partial charge on any atom is -0.606 e. The maximum Gasteiger partial charge on any atom is 0.311 e. The van der Waals surface area contributed by atoms with E-state index in [2.05, 4.69) is 6.92 Å². The first-order chi connectivity index (χ1) is 14.9. The second-order valence-electron chi connectivity index (χ2n) is 7.60. The summed E-state index contributed by atoms with van der Waals surface area (Å²) in [6, 6.07) is 7.69. The van der Waals surface area contributed by atoms with Crippen molar-refractivity contribution in [1.82, 2.24) is 0 Å². The van der Waals surface area contributed by atoms with Crippen molar-refractivity contribution in [2.24, 2.45) is 0 Å². The fourth-order valence-corrected chi connectivity index (χ4v) is 4.42. The summed E-state index contributed by atoms with van der Waals surface area (Å²) in [6.07, 6.45) is 10.5. The van der Waals surface area contributed by atoms with Gasteiger partial charge in [0.2, 0.25) is 9.79 Å². The summed E-state index contributed by atoms with van der Waals surface area (Å²) in [5, 5.41) is 29.2. The standard InChI is InChI=1S/C24H32O6S/c1-2-3-4-5-6-7-8-9-10-11-24(28)30-21-17-19(26)13-15-23(21)31(29)22-14-12-18(25)16-20(22)27/h12-17,25-27H,2-11H2,1H3. The van der Waals surface area contributed by atoms with Crippen LogP contribution in [0.3, 0.4) is 0 Å². The summed E-state index contributed by atoms with van der Waals surface area (Å²) < 4.78 is 18.3. The maximum absolute atomic E-state index is 12.9. The first-order valence-electron chi connectivity index (χ1n) is 10.9. The molecule has 0 fully saturated rings. The molecular weight excluding hydrogens is 416 g/mol. The fourth-order valence-electron chi connectivity index (χ4n) is 3.26. The molecule has 0 aliphatic carbocycles. The van der Waals surface area contributed by atoms with Crippen LogP contribution in [0.2, 0.25) is 0 Å². The Balaban J connectivity index is 1.88. The number of hydrogen-bond donors (Lipinski definition) is 3. The van der Waals surface area contributed by atoms with Gasteiger partial charge in [0.05, 0.1) is 0 Å². The first-order valence-corrected chi connectivity index (χ1v) is 12.0. The monoisotopic (exact) mass is 448 g/mol. The molecule has 0 amide bonds. The van der Waals surface area contributed by atoms with Gasteiger partial charge in [0.1, 0.15) is 11.5 Å². The number of carbonyl (C=O) groups is 1. The van der Waals surface area contributed by atoms with Gasteiger partial charge >= 0.3 is 5.97 Å². The Bertz CT molecular complexity index is 839. The molecule has 0 radical (unpaired) electrons. The largest absolute Gasteiger partial charge is 0.606 e. The zero-order valence-electron chi connectivity index (χ0n) is 18.0. The van der Waals surface area contributed by atoms with E-state index in [1.807, 2.05) is 0 Å². The summed E-state index contributed by atoms with van der Waals surface area (Å²) >= 11 is -1.87. The summed E-state index contributed by atoms with van der Waals surface area (Å²) in [5.74, 6) is -1.08. The molecule has 170 valence electrons. The Labute approximate surface area is 187 Å². The molecule has 0 bridgehead atoms. The van der Waals surface area contributed by atoms with Crippen LogP contribution in [0, 0.1) is 0 Å². The normalized spacial score (nSPS) is 11.9. The topological polar surface area (TPSA) is 110 Å². The molecule has 1 unspecified atom stereocenters. The molecule has 0 aromatic heterocycles. The molecule has 0 aliphatic rings. The SMILES string of the molecule is CCCCCCCCCCCC(=O)Oc1cc(O)ccc1[S+]([O-])c1ccc(O)cc1O. The number of benzene rings is 2. The third kappa shape index (κ3) is 8.34. The number of rotatable bonds is 13. The lowest BCUT2D eigenvalue weighted by atomic mass is 10.1. The molecule has 6 nitrogen and oxygen atoms in total. The Morgan fingerprint density at radius 2 is 1.39 bits per heavy atom. The van der Waals surface area contributed by atoms with Crippen molar-refractivity contribution in [3.05, 3.63) is 36.4 Å². The average Bonchev–Trinajstić information content (AvgIpc) is 2.72. The van der Waals surface area contributed by atoms with E-state index in [4.69, 9.17) is 4.74 Å². The summed E-state index contributed by atoms with van der Waals surface area (Å²) in [6.45, 7) is 2.20. The number of carbonyl (C=O) groups excluding carboxylic acids is 1. The lowest BCUT2D eigenvalue weighted by molar-refractivity contribution is -0.134. The Hall–Kier alpha value is -2.38. The molecule has 31 heavy (non-hydrogen) atoms. The van der Waals surface area contributed by atoms with Gasteiger partial charge in [-0.15, -0.1) is 0 Å². The second-order valence-corrected chi connectivity index (χ2v) is 9.02. The molecule has 0 saturated carbocycles. The van der Waals surface area contributed by atoms with Crippen molar-refractivity contribution in [3.8, 4) is 23.0 Å². The number of esters is 1. The predicted octanol–water partition coefficient (Wildman–Crippen LogP) is 5.80. The van der Waals surface area contributed by atoms with Crippen LogP contribution in [0.1, 0.15) is 71.1 Å². The highest BCUT2D eigenvalue weighted by Gasteiger charge is 2.25. The van der Waals surface area contributed by atoms with Gasteiger partial charge in [-0.25, -0.2) is 0 Å². The van der Waals surface area contributed by atoms with E-state index in [-0.39, 0.29) is 39.2 Å². The molecule has 0 heterocycles. The summed E-state index contributed by atoms with van der Waals surface area (Å²) in [5.41, 5.74) is 0. The number of unbranched alkanes of at least 4 members (excludes halogenated alkanes) is 8. The molecule has 0 saturated heterocycles. The third-order valence-corrected chi connectivity index (χ3v) is 6.46. The molecule has 3 N–H and O–H groups in total. The zero-order valence-corrected chi connectivity index (χ0v) is 18.8. The number of phenols is 3. The van der Waals surface area contributed by atoms with Gasteiger partial charge in [-0.1, -0.05) is 58.3 Å². The minimum absolute atomic E-state index is 0.00766. The van der Waals surface area contributed by atoms with Gasteiger partial charge in [-0.2, -0.15) is 0 Å². The second kappa shape index (κ2) is 13.1. The van der Waals surface area contributed by atoms with Gasteiger partial charge < -0.3 is 24.6 Å². The fraction of sp³-hybridized carbons (Fsp3) is 0.458. The Morgan fingerprint density at radius 3 is 2.00 bits per heavy atom.